The maximum Gasteiger partial charge on any atom is 0.322 e. The molecule has 6 nitrogen and oxygen atoms in total. The van der Waals surface area contributed by atoms with E-state index in [0.717, 1.165) is 24.2 Å². The van der Waals surface area contributed by atoms with Gasteiger partial charge in [-0.25, -0.2) is 0 Å². The number of nitrogens with two attached hydrogens (primary N) is 1. The number of anilines is 1. The molecule has 0 bridgehead atoms. The summed E-state index contributed by atoms with van der Waals surface area (Å²) in [6.07, 6.45) is 10.9. The maximum absolute atomic E-state index is 13.4. The van der Waals surface area contributed by atoms with Gasteiger partial charge in [0.15, 0.2) is 11.1 Å². The molecule has 6 heteroatoms. The van der Waals surface area contributed by atoms with Gasteiger partial charge in [-0.3, -0.25) is 9.59 Å². The highest BCUT2D eigenvalue weighted by Gasteiger charge is 2.49. The number of para-hydroxylation sites is 2. The molecule has 1 atom stereocenters. The Balaban J connectivity index is 1.60. The normalized spacial score (nSPS) is 23.7. The van der Waals surface area contributed by atoms with Crippen LogP contribution >= 0.6 is 0 Å². The highest BCUT2D eigenvalue weighted by Crippen LogP contribution is 2.48. The first-order chi connectivity index (χ1) is 20.9. The predicted octanol–water partition coefficient (Wildman–Crippen LogP) is 7.02. The Morgan fingerprint density at radius 1 is 0.909 bits per heavy atom. The third kappa shape index (κ3) is 5.04. The summed E-state index contributed by atoms with van der Waals surface area (Å²) >= 11 is 0. The zero-order valence-electron chi connectivity index (χ0n) is 27.2. The van der Waals surface area contributed by atoms with Crippen molar-refractivity contribution in [3.63, 3.8) is 0 Å². The summed E-state index contributed by atoms with van der Waals surface area (Å²) in [5.74, 6) is -1.22. The van der Waals surface area contributed by atoms with Crippen molar-refractivity contribution < 1.29 is 18.9 Å². The molecule has 5 rings (SSSR count). The molecule has 0 saturated carbocycles. The number of nitrogens with zero attached hydrogens (tertiary/aromatic N) is 2. The Morgan fingerprint density at radius 2 is 1.59 bits per heavy atom. The van der Waals surface area contributed by atoms with Crippen LogP contribution in [0.2, 0.25) is 0 Å². The van der Waals surface area contributed by atoms with Crippen molar-refractivity contribution in [1.82, 2.24) is 0 Å². The first-order valence-electron chi connectivity index (χ1n) is 15.8. The third-order valence-electron chi connectivity index (χ3n) is 9.66. The number of ether oxygens (including phenoxy) is 1. The Hall–Kier alpha value is -4.19. The second kappa shape index (κ2) is 11.7. The van der Waals surface area contributed by atoms with Gasteiger partial charge in [0.1, 0.15) is 6.54 Å². The minimum Gasteiger partial charge on any atom is -0.465 e. The fourth-order valence-corrected chi connectivity index (χ4v) is 7.34. The molecule has 2 aromatic rings. The van der Waals surface area contributed by atoms with E-state index in [1.165, 1.54) is 33.9 Å². The molecule has 1 amide bonds. The van der Waals surface area contributed by atoms with Crippen LogP contribution in [0.1, 0.15) is 72.4 Å². The van der Waals surface area contributed by atoms with Gasteiger partial charge in [-0.15, -0.1) is 0 Å². The number of esters is 1. The van der Waals surface area contributed by atoms with Crippen molar-refractivity contribution >= 4 is 29.0 Å². The van der Waals surface area contributed by atoms with Gasteiger partial charge in [-0.2, -0.15) is 4.58 Å². The van der Waals surface area contributed by atoms with E-state index in [0.29, 0.717) is 0 Å². The van der Waals surface area contributed by atoms with E-state index in [-0.39, 0.29) is 30.3 Å². The van der Waals surface area contributed by atoms with Crippen LogP contribution in [0.25, 0.3) is 0 Å². The number of rotatable bonds is 8. The molecule has 1 aliphatic carbocycles. The summed E-state index contributed by atoms with van der Waals surface area (Å²) in [4.78, 5) is 28.9. The summed E-state index contributed by atoms with van der Waals surface area (Å²) < 4.78 is 7.80. The molecule has 2 N–H and O–H groups in total. The molecule has 230 valence electrons. The van der Waals surface area contributed by atoms with Crippen LogP contribution in [0.5, 0.6) is 0 Å². The lowest BCUT2D eigenvalue weighted by Gasteiger charge is -2.33. The monoisotopic (exact) mass is 592 g/mol. The fourth-order valence-electron chi connectivity index (χ4n) is 7.34. The van der Waals surface area contributed by atoms with E-state index >= 15 is 0 Å². The van der Waals surface area contributed by atoms with Gasteiger partial charge in [-0.05, 0) is 76.3 Å². The number of hydrogen-bond acceptors (Lipinski definition) is 4. The van der Waals surface area contributed by atoms with Crippen molar-refractivity contribution in [3.05, 3.63) is 107 Å². The molecule has 44 heavy (non-hydrogen) atoms. The molecular weight excluding hydrogens is 546 g/mol. The van der Waals surface area contributed by atoms with Gasteiger partial charge in [0, 0.05) is 41.1 Å². The van der Waals surface area contributed by atoms with Gasteiger partial charge in [0.25, 0.3) is 0 Å². The van der Waals surface area contributed by atoms with E-state index in [9.17, 15) is 9.59 Å². The molecule has 0 fully saturated rings. The van der Waals surface area contributed by atoms with Crippen LogP contribution in [0, 0.1) is 5.41 Å². The SMILES string of the molecule is CCOC(=O)C1(C(N)=O)CC(/C=C/C2=[N+](CC)c3ccccc3C2(C)C)=CC(=C/C=C2/N(CC)c3ccccc3C2(C)C)/C1. The van der Waals surface area contributed by atoms with Crippen molar-refractivity contribution in [1.29, 1.82) is 0 Å². The Bertz CT molecular complexity index is 1650. The Morgan fingerprint density at radius 3 is 2.25 bits per heavy atom. The van der Waals surface area contributed by atoms with E-state index < -0.39 is 17.3 Å². The first-order valence-corrected chi connectivity index (χ1v) is 15.8. The number of primary amides is 1. The van der Waals surface area contributed by atoms with Crippen molar-refractivity contribution in [2.24, 2.45) is 11.1 Å². The van der Waals surface area contributed by atoms with E-state index in [2.05, 4.69) is 130 Å². The molecule has 0 aromatic heterocycles. The third-order valence-corrected chi connectivity index (χ3v) is 9.66. The number of likely N-dealkylation sites (N-methyl/N-ethyl adjacent to an activating group) is 1. The molecule has 2 aromatic carbocycles. The molecule has 0 spiro atoms. The van der Waals surface area contributed by atoms with Crippen molar-refractivity contribution in [2.75, 3.05) is 24.6 Å². The molecular formula is C38H46N3O3+. The number of fused-ring (bicyclic) bond motifs is 2. The van der Waals surface area contributed by atoms with E-state index in [4.69, 9.17) is 10.5 Å². The quantitative estimate of drug-likeness (QED) is 0.203. The van der Waals surface area contributed by atoms with Crippen LogP contribution in [0.4, 0.5) is 11.4 Å². The minimum absolute atomic E-state index is 0.180. The topological polar surface area (TPSA) is 75.6 Å². The Kier molecular flexibility index (Phi) is 8.32. The summed E-state index contributed by atoms with van der Waals surface area (Å²) in [5.41, 5.74) is 13.2. The van der Waals surface area contributed by atoms with Crippen LogP contribution in [-0.2, 0) is 25.2 Å². The first kappa shape index (κ1) is 31.2. The number of carbonyl (C=O) groups excluding carboxylic acids is 2. The fraction of sp³-hybridized carbons (Fsp3) is 0.395. The number of allylic oxidation sites excluding steroid dienone is 8. The molecule has 2 aliphatic heterocycles. The highest BCUT2D eigenvalue weighted by atomic mass is 16.5. The predicted molar refractivity (Wildman–Crippen MR) is 178 cm³/mol. The largest absolute Gasteiger partial charge is 0.465 e. The molecule has 3 aliphatic rings. The van der Waals surface area contributed by atoms with Crippen molar-refractivity contribution in [2.45, 2.75) is 72.1 Å². The zero-order chi connectivity index (χ0) is 31.9. The number of carbonyl (C=O) groups is 2. The Labute approximate surface area is 262 Å². The van der Waals surface area contributed by atoms with Crippen LogP contribution in [0.15, 0.2) is 95.8 Å². The molecule has 0 saturated heterocycles. The lowest BCUT2D eigenvalue weighted by atomic mass is 9.71. The number of benzene rings is 2. The van der Waals surface area contributed by atoms with E-state index in [1.54, 1.807) is 6.92 Å². The number of amides is 1. The summed E-state index contributed by atoms with van der Waals surface area (Å²) in [6.45, 7) is 16.9. The van der Waals surface area contributed by atoms with Gasteiger partial charge >= 0.3 is 5.97 Å². The average Bonchev–Trinajstić information content (AvgIpc) is 3.36. The zero-order valence-corrected chi connectivity index (χ0v) is 27.2. The smallest absolute Gasteiger partial charge is 0.322 e. The maximum atomic E-state index is 13.4. The van der Waals surface area contributed by atoms with Crippen molar-refractivity contribution in [3.8, 4) is 0 Å². The van der Waals surface area contributed by atoms with Crippen LogP contribution in [0.3, 0.4) is 0 Å². The highest BCUT2D eigenvalue weighted by molar-refractivity contribution is 6.04. The molecule has 1 unspecified atom stereocenters. The van der Waals surface area contributed by atoms with Gasteiger partial charge in [0.2, 0.25) is 11.6 Å². The lowest BCUT2D eigenvalue weighted by Crippen LogP contribution is -2.46. The standard InChI is InChI=1S/C38H45N3O3/c1-8-40-30-17-13-11-15-28(30)36(4,5)32(40)21-19-26-23-27(25-38(24-26,34(39)42)35(43)44-10-3)20-22-33-37(6,7)29-16-12-14-18-31(29)41(33)9-2/h11-23H,8-10,24-25H2,1-7H3,(H-,39,42)/p+1. The van der Waals surface area contributed by atoms with E-state index in [1.807, 2.05) is 0 Å². The van der Waals surface area contributed by atoms with Gasteiger partial charge < -0.3 is 15.4 Å². The van der Waals surface area contributed by atoms with Crippen LogP contribution < -0.4 is 10.6 Å². The minimum atomic E-state index is -1.48. The number of hydrogen-bond donors (Lipinski definition) is 1. The molecule has 2 heterocycles. The summed E-state index contributed by atoms with van der Waals surface area (Å²) in [5, 5.41) is 0. The second-order valence-electron chi connectivity index (χ2n) is 13.0. The lowest BCUT2D eigenvalue weighted by molar-refractivity contribution is -0.433. The van der Waals surface area contributed by atoms with Gasteiger partial charge in [-0.1, -0.05) is 68.5 Å². The van der Waals surface area contributed by atoms with Crippen LogP contribution in [-0.4, -0.2) is 41.9 Å². The molecule has 0 radical (unpaired) electrons. The summed E-state index contributed by atoms with van der Waals surface area (Å²) in [6, 6.07) is 17.0. The summed E-state index contributed by atoms with van der Waals surface area (Å²) in [7, 11) is 0. The second-order valence-corrected chi connectivity index (χ2v) is 13.0. The average molecular weight is 593 g/mol. The van der Waals surface area contributed by atoms with Gasteiger partial charge in [0.05, 0.1) is 12.0 Å².